The Morgan fingerprint density at radius 1 is 0.900 bits per heavy atom. The average Bonchev–Trinajstić information content (AvgIpc) is 3.66. The summed E-state index contributed by atoms with van der Waals surface area (Å²) in [5, 5.41) is 11.4. The van der Waals surface area contributed by atoms with Gasteiger partial charge in [-0.1, -0.05) is 73.0 Å². The molecular formula is C43H50ClF2N9O4S. The lowest BCUT2D eigenvalue weighted by molar-refractivity contribution is -0.142. The normalized spacial score (nSPS) is 18.2. The van der Waals surface area contributed by atoms with E-state index < -0.39 is 48.0 Å². The maximum absolute atomic E-state index is 14.7. The van der Waals surface area contributed by atoms with Gasteiger partial charge in [0.25, 0.3) is 0 Å². The molecule has 3 amide bonds. The summed E-state index contributed by atoms with van der Waals surface area (Å²) in [6.07, 6.45) is 7.16. The predicted octanol–water partition coefficient (Wildman–Crippen LogP) is 6.10. The number of nitrogens with two attached hydrogens (primary N) is 1. The molecule has 3 aromatic heterocycles. The molecule has 13 nitrogen and oxygen atoms in total. The van der Waals surface area contributed by atoms with E-state index >= 15 is 0 Å². The molecule has 6 rings (SSSR count). The largest absolute Gasteiger partial charge is 0.361 e. The zero-order valence-electron chi connectivity index (χ0n) is 33.3. The molecule has 4 heterocycles. The Kier molecular flexibility index (Phi) is 15.8. The predicted molar refractivity (Wildman–Crippen MR) is 229 cm³/mol. The summed E-state index contributed by atoms with van der Waals surface area (Å²) in [6.45, 7) is 0.556. The van der Waals surface area contributed by atoms with Crippen molar-refractivity contribution in [2.75, 3.05) is 13.6 Å². The number of para-hydroxylation sites is 1. The lowest BCUT2D eigenvalue weighted by Gasteiger charge is -2.32. The first-order valence-corrected chi connectivity index (χ1v) is 21.3. The number of halogens is 3. The highest BCUT2D eigenvalue weighted by atomic mass is 35.5. The second-order valence-electron chi connectivity index (χ2n) is 14.8. The minimum Gasteiger partial charge on any atom is -0.361 e. The van der Waals surface area contributed by atoms with E-state index in [0.29, 0.717) is 76.7 Å². The second-order valence-corrected chi connectivity index (χ2v) is 16.2. The van der Waals surface area contributed by atoms with E-state index in [-0.39, 0.29) is 32.4 Å². The molecule has 0 bridgehead atoms. The van der Waals surface area contributed by atoms with Crippen molar-refractivity contribution in [2.24, 2.45) is 5.73 Å². The fourth-order valence-electron chi connectivity index (χ4n) is 7.41. The first-order valence-electron chi connectivity index (χ1n) is 20.1. The SMILES string of the molecule is CN1C(=O)[C@H](CCCCCCC(F)F)NC(=O)[C@H](CCCN)NCc2cccnc2Sc2c(Cl)ccc(-c3cnc(=O)[nH]c3)c2CNC(=O)[C@@H]1Cc1c[nH]c2ccccc12. The Labute approximate surface area is 356 Å². The van der Waals surface area contributed by atoms with Gasteiger partial charge in [-0.15, -0.1) is 0 Å². The number of carbonyl (C=O) groups is 3. The van der Waals surface area contributed by atoms with Crippen LogP contribution in [0.1, 0.15) is 68.1 Å². The number of fused-ring (bicyclic) bond motifs is 3. The molecule has 2 aromatic carbocycles. The van der Waals surface area contributed by atoms with Gasteiger partial charge in [0.2, 0.25) is 24.1 Å². The number of pyridine rings is 1. The number of hydrogen-bond acceptors (Lipinski definition) is 9. The van der Waals surface area contributed by atoms with Crippen molar-refractivity contribution in [3.8, 4) is 11.1 Å². The van der Waals surface area contributed by atoms with Crippen LogP contribution < -0.4 is 27.4 Å². The smallest absolute Gasteiger partial charge is 0.344 e. The van der Waals surface area contributed by atoms with Crippen molar-refractivity contribution in [3.05, 3.63) is 106 Å². The molecule has 0 saturated carbocycles. The molecule has 0 fully saturated rings. The summed E-state index contributed by atoms with van der Waals surface area (Å²) in [4.78, 5) is 72.1. The first kappa shape index (κ1) is 44.4. The van der Waals surface area contributed by atoms with E-state index in [0.717, 1.165) is 22.0 Å². The minimum atomic E-state index is -2.38. The second kappa shape index (κ2) is 21.4. The Morgan fingerprint density at radius 2 is 1.70 bits per heavy atom. The highest BCUT2D eigenvalue weighted by molar-refractivity contribution is 7.99. The summed E-state index contributed by atoms with van der Waals surface area (Å²) in [5.74, 6) is -1.33. The molecule has 5 aromatic rings. The number of amides is 3. The van der Waals surface area contributed by atoms with Gasteiger partial charge in [-0.05, 0) is 72.7 Å². The van der Waals surface area contributed by atoms with Gasteiger partial charge in [0.1, 0.15) is 17.1 Å². The fourth-order valence-corrected chi connectivity index (χ4v) is 8.75. The van der Waals surface area contributed by atoms with Crippen LogP contribution in [0.3, 0.4) is 0 Å². The van der Waals surface area contributed by atoms with Crippen LogP contribution in [0, 0.1) is 0 Å². The number of nitrogens with one attached hydrogen (secondary N) is 5. The number of hydrogen-bond donors (Lipinski definition) is 6. The van der Waals surface area contributed by atoms with Crippen molar-refractivity contribution in [1.82, 2.24) is 40.8 Å². The van der Waals surface area contributed by atoms with Crippen molar-refractivity contribution >= 4 is 52.0 Å². The third kappa shape index (κ3) is 11.4. The van der Waals surface area contributed by atoms with Crippen LogP contribution in [0.2, 0.25) is 5.02 Å². The van der Waals surface area contributed by atoms with Crippen molar-refractivity contribution in [1.29, 1.82) is 0 Å². The summed E-state index contributed by atoms with van der Waals surface area (Å²) in [7, 11) is 1.56. The summed E-state index contributed by atoms with van der Waals surface area (Å²) in [5.41, 5.74) is 9.70. The van der Waals surface area contributed by atoms with Gasteiger partial charge >= 0.3 is 5.69 Å². The first-order chi connectivity index (χ1) is 29.0. The van der Waals surface area contributed by atoms with E-state index in [1.807, 2.05) is 36.5 Å². The Bertz CT molecular complexity index is 2310. The van der Waals surface area contributed by atoms with Gasteiger partial charge in [0.05, 0.1) is 11.1 Å². The molecule has 318 valence electrons. The van der Waals surface area contributed by atoms with Crippen LogP contribution >= 0.6 is 23.4 Å². The maximum atomic E-state index is 14.7. The lowest BCUT2D eigenvalue weighted by Crippen LogP contribution is -2.57. The number of nitrogens with zero attached hydrogens (tertiary/aromatic N) is 3. The Morgan fingerprint density at radius 3 is 2.48 bits per heavy atom. The molecule has 3 atom stereocenters. The van der Waals surface area contributed by atoms with E-state index in [1.54, 1.807) is 37.6 Å². The topological polar surface area (TPSA) is 191 Å². The Balaban J connectivity index is 1.43. The van der Waals surface area contributed by atoms with Crippen LogP contribution in [-0.4, -0.2) is 80.7 Å². The van der Waals surface area contributed by atoms with Gasteiger partial charge in [-0.25, -0.2) is 23.5 Å². The number of alkyl halides is 2. The number of H-pyrrole nitrogens is 2. The number of aromatic nitrogens is 4. The van der Waals surface area contributed by atoms with Gasteiger partial charge in [-0.3, -0.25) is 14.4 Å². The Hall–Kier alpha value is -5.16. The van der Waals surface area contributed by atoms with E-state index in [9.17, 15) is 28.0 Å². The zero-order chi connectivity index (χ0) is 42.6. The van der Waals surface area contributed by atoms with Crippen LogP contribution in [0.5, 0.6) is 0 Å². The van der Waals surface area contributed by atoms with Crippen molar-refractivity contribution < 1.29 is 23.2 Å². The third-order valence-electron chi connectivity index (χ3n) is 10.7. The average molecular weight is 862 g/mol. The van der Waals surface area contributed by atoms with Gasteiger partial charge in [0.15, 0.2) is 0 Å². The highest BCUT2D eigenvalue weighted by Crippen LogP contribution is 2.41. The summed E-state index contributed by atoms with van der Waals surface area (Å²) >= 11 is 8.27. The zero-order valence-corrected chi connectivity index (χ0v) is 34.9. The number of unbranched alkanes of at least 4 members (excludes halogenated alkanes) is 3. The molecule has 0 aliphatic carbocycles. The molecule has 0 saturated heterocycles. The molecule has 1 aliphatic heterocycles. The molecule has 60 heavy (non-hydrogen) atoms. The highest BCUT2D eigenvalue weighted by Gasteiger charge is 2.34. The van der Waals surface area contributed by atoms with Gasteiger partial charge in [0, 0.05) is 79.1 Å². The van der Waals surface area contributed by atoms with Crippen LogP contribution in [-0.2, 0) is 33.9 Å². The number of benzene rings is 2. The number of likely N-dealkylation sites (N-methyl/N-ethyl adjacent to an activating group) is 1. The monoisotopic (exact) mass is 861 g/mol. The molecule has 0 unspecified atom stereocenters. The number of rotatable bonds is 13. The van der Waals surface area contributed by atoms with Crippen LogP contribution in [0.4, 0.5) is 8.78 Å². The standard InChI is InChI=1S/C43H50ClF2N9O4S/c1-55-36(20-27-22-49-33-12-7-6-11-30(27)33)40(57)51-25-31-29(28-23-52-43(59)53-24-28)16-17-32(44)38(31)60-41-26(10-9-19-48-41)21-50-34(14-8-18-47)39(56)54-35(42(55)58)13-4-2-3-5-15-37(45)46/h6-7,9-12,16-17,19,22-24,34-37,49-50H,2-5,8,13-15,18,20-21,25,47H2,1H3,(H,51,57)(H,54,56)(H,52,53,59)/t34-,35-,36-/m0/s1. The summed E-state index contributed by atoms with van der Waals surface area (Å²) in [6, 6.07) is 12.1. The quantitative estimate of drug-likeness (QED) is 0.0760. The van der Waals surface area contributed by atoms with Crippen molar-refractivity contribution in [3.63, 3.8) is 0 Å². The number of aromatic amines is 2. The molecule has 0 radical (unpaired) electrons. The van der Waals surface area contributed by atoms with Crippen LogP contribution in [0.15, 0.2) is 88.0 Å². The van der Waals surface area contributed by atoms with Gasteiger partial charge in [-0.2, -0.15) is 0 Å². The minimum absolute atomic E-state index is 0.0248. The fraction of sp³-hybridized carbons (Fsp3) is 0.395. The molecule has 1 aliphatic rings. The number of carbonyl (C=O) groups excluding carboxylic acids is 3. The lowest BCUT2D eigenvalue weighted by atomic mass is 9.99. The van der Waals surface area contributed by atoms with Gasteiger partial charge < -0.3 is 36.6 Å². The summed E-state index contributed by atoms with van der Waals surface area (Å²) < 4.78 is 25.7. The van der Waals surface area contributed by atoms with Crippen molar-refractivity contribution in [2.45, 2.75) is 105 Å². The molecule has 7 N–H and O–H groups in total. The van der Waals surface area contributed by atoms with Crippen LogP contribution in [0.25, 0.3) is 22.0 Å². The van der Waals surface area contributed by atoms with E-state index in [2.05, 4.69) is 35.9 Å². The van der Waals surface area contributed by atoms with E-state index in [1.165, 1.54) is 22.9 Å². The third-order valence-corrected chi connectivity index (χ3v) is 12.4. The molecule has 0 spiro atoms. The van der Waals surface area contributed by atoms with E-state index in [4.69, 9.17) is 17.3 Å². The maximum Gasteiger partial charge on any atom is 0.344 e. The molecular weight excluding hydrogens is 812 g/mol. The molecule has 17 heteroatoms.